The number of pyridine rings is 1. The molecule has 2 N–H and O–H groups in total. The summed E-state index contributed by atoms with van der Waals surface area (Å²) in [6, 6.07) is 14.7. The molecule has 27 heavy (non-hydrogen) atoms. The smallest absolute Gasteiger partial charge is 0.159 e. The van der Waals surface area contributed by atoms with E-state index < -0.39 is 0 Å². The molecule has 0 atom stereocenters. The van der Waals surface area contributed by atoms with Crippen LogP contribution in [0.5, 0.6) is 0 Å². The third-order valence-corrected chi connectivity index (χ3v) is 5.44. The average molecular weight is 359 g/mol. The Balaban J connectivity index is 1.69. The summed E-state index contributed by atoms with van der Waals surface area (Å²) in [5.41, 5.74) is 10.1. The first-order valence-corrected chi connectivity index (χ1v) is 9.56. The number of piperidine rings is 1. The lowest BCUT2D eigenvalue weighted by Crippen LogP contribution is -2.39. The maximum Gasteiger partial charge on any atom is 0.159 e. The summed E-state index contributed by atoms with van der Waals surface area (Å²) in [4.78, 5) is 18.6. The SMILES string of the molecule is CC(=O)c1cccc(-c2cncc3ccc(CN4CCC(N)CC4)cc23)c1. The Labute approximate surface area is 160 Å². The molecule has 1 aliphatic rings. The molecule has 0 spiro atoms. The molecule has 0 radical (unpaired) electrons. The largest absolute Gasteiger partial charge is 0.328 e. The van der Waals surface area contributed by atoms with Crippen molar-refractivity contribution >= 4 is 16.6 Å². The van der Waals surface area contributed by atoms with Gasteiger partial charge in [0.15, 0.2) is 5.78 Å². The van der Waals surface area contributed by atoms with Crippen LogP contribution in [-0.4, -0.2) is 34.8 Å². The lowest BCUT2D eigenvalue weighted by Gasteiger charge is -2.30. The van der Waals surface area contributed by atoms with E-state index in [1.54, 1.807) is 6.92 Å². The molecular weight excluding hydrogens is 334 g/mol. The zero-order valence-corrected chi connectivity index (χ0v) is 15.7. The Morgan fingerprint density at radius 2 is 1.96 bits per heavy atom. The molecule has 2 heterocycles. The van der Waals surface area contributed by atoms with Gasteiger partial charge in [-0.1, -0.05) is 30.3 Å². The van der Waals surface area contributed by atoms with Gasteiger partial charge < -0.3 is 5.73 Å². The summed E-state index contributed by atoms with van der Waals surface area (Å²) in [5.74, 6) is 0.0778. The van der Waals surface area contributed by atoms with Gasteiger partial charge in [0.05, 0.1) is 0 Å². The minimum absolute atomic E-state index is 0.0778. The highest BCUT2D eigenvalue weighted by molar-refractivity contribution is 5.99. The van der Waals surface area contributed by atoms with Crippen molar-refractivity contribution in [2.75, 3.05) is 13.1 Å². The van der Waals surface area contributed by atoms with Crippen LogP contribution >= 0.6 is 0 Å². The predicted octanol–water partition coefficient (Wildman–Crippen LogP) is 4.03. The second-order valence-electron chi connectivity index (χ2n) is 7.49. The van der Waals surface area contributed by atoms with Crippen LogP contribution in [-0.2, 0) is 6.54 Å². The topological polar surface area (TPSA) is 59.2 Å². The molecule has 4 nitrogen and oxygen atoms in total. The zero-order valence-electron chi connectivity index (χ0n) is 15.7. The molecule has 0 saturated carbocycles. The van der Waals surface area contributed by atoms with E-state index in [0.29, 0.717) is 6.04 Å². The quantitative estimate of drug-likeness (QED) is 0.715. The number of aromatic nitrogens is 1. The number of Topliss-reactive ketones (excluding diaryl/α,β-unsaturated/α-hetero) is 1. The first-order valence-electron chi connectivity index (χ1n) is 9.56. The summed E-state index contributed by atoms with van der Waals surface area (Å²) in [7, 11) is 0. The van der Waals surface area contributed by atoms with Crippen LogP contribution in [0.4, 0.5) is 0 Å². The fraction of sp³-hybridized carbons (Fsp3) is 0.304. The van der Waals surface area contributed by atoms with Crippen LogP contribution in [0.2, 0.25) is 0 Å². The summed E-state index contributed by atoms with van der Waals surface area (Å²) in [6.07, 6.45) is 5.93. The number of benzene rings is 2. The van der Waals surface area contributed by atoms with Crippen molar-refractivity contribution in [3.8, 4) is 11.1 Å². The molecule has 3 aromatic rings. The van der Waals surface area contributed by atoms with Crippen molar-refractivity contribution in [2.45, 2.75) is 32.4 Å². The molecule has 138 valence electrons. The standard InChI is InChI=1S/C23H25N3O/c1-16(27)18-3-2-4-19(12-18)23-14-25-13-20-6-5-17(11-22(20)23)15-26-9-7-21(24)8-10-26/h2-6,11-14,21H,7-10,15,24H2,1H3. The maximum atomic E-state index is 11.8. The number of ketones is 1. The van der Waals surface area contributed by atoms with E-state index in [4.69, 9.17) is 5.73 Å². The van der Waals surface area contributed by atoms with Crippen LogP contribution in [0.1, 0.15) is 35.7 Å². The number of hydrogen-bond acceptors (Lipinski definition) is 4. The van der Waals surface area contributed by atoms with E-state index in [-0.39, 0.29) is 5.78 Å². The monoisotopic (exact) mass is 359 g/mol. The van der Waals surface area contributed by atoms with E-state index >= 15 is 0 Å². The predicted molar refractivity (Wildman–Crippen MR) is 110 cm³/mol. The first kappa shape index (κ1) is 17.8. The van der Waals surface area contributed by atoms with E-state index in [2.05, 4.69) is 28.1 Å². The summed E-state index contributed by atoms with van der Waals surface area (Å²) in [5, 5.41) is 2.29. The normalized spacial score (nSPS) is 15.9. The highest BCUT2D eigenvalue weighted by Crippen LogP contribution is 2.29. The molecule has 0 amide bonds. The second-order valence-corrected chi connectivity index (χ2v) is 7.49. The Morgan fingerprint density at radius 1 is 1.15 bits per heavy atom. The Kier molecular flexibility index (Phi) is 5.01. The van der Waals surface area contributed by atoms with Gasteiger partial charge in [0, 0.05) is 41.5 Å². The number of carbonyl (C=O) groups is 1. The van der Waals surface area contributed by atoms with E-state index in [1.165, 1.54) is 10.9 Å². The molecular formula is C23H25N3O. The number of rotatable bonds is 4. The molecule has 1 aromatic heterocycles. The zero-order chi connectivity index (χ0) is 18.8. The van der Waals surface area contributed by atoms with Gasteiger partial charge in [0.2, 0.25) is 0 Å². The molecule has 0 aliphatic carbocycles. The molecule has 1 aliphatic heterocycles. The minimum atomic E-state index is 0.0778. The molecule has 0 bridgehead atoms. The minimum Gasteiger partial charge on any atom is -0.328 e. The fourth-order valence-electron chi connectivity index (χ4n) is 3.81. The highest BCUT2D eigenvalue weighted by Gasteiger charge is 2.16. The van der Waals surface area contributed by atoms with Crippen molar-refractivity contribution in [2.24, 2.45) is 5.73 Å². The van der Waals surface area contributed by atoms with Gasteiger partial charge in [-0.25, -0.2) is 0 Å². The fourth-order valence-corrected chi connectivity index (χ4v) is 3.81. The number of nitrogens with two attached hydrogens (primary N) is 1. The molecule has 4 rings (SSSR count). The Bertz CT molecular complexity index is 974. The first-order chi connectivity index (χ1) is 13.1. The van der Waals surface area contributed by atoms with Gasteiger partial charge >= 0.3 is 0 Å². The van der Waals surface area contributed by atoms with Crippen LogP contribution in [0.3, 0.4) is 0 Å². The van der Waals surface area contributed by atoms with Crippen LogP contribution in [0.15, 0.2) is 54.9 Å². The van der Waals surface area contributed by atoms with Gasteiger partial charge in [-0.05, 0) is 61.5 Å². The molecule has 0 unspecified atom stereocenters. The van der Waals surface area contributed by atoms with Gasteiger partial charge in [-0.3, -0.25) is 14.7 Å². The molecule has 1 saturated heterocycles. The summed E-state index contributed by atoms with van der Waals surface area (Å²) < 4.78 is 0. The van der Waals surface area contributed by atoms with Gasteiger partial charge in [-0.15, -0.1) is 0 Å². The van der Waals surface area contributed by atoms with E-state index in [1.807, 2.05) is 36.7 Å². The maximum absolute atomic E-state index is 11.8. The average Bonchev–Trinajstić information content (AvgIpc) is 2.69. The number of hydrogen-bond donors (Lipinski definition) is 1. The van der Waals surface area contributed by atoms with E-state index in [0.717, 1.165) is 54.6 Å². The third kappa shape index (κ3) is 3.92. The van der Waals surface area contributed by atoms with Crippen molar-refractivity contribution in [3.05, 3.63) is 66.0 Å². The van der Waals surface area contributed by atoms with Crippen molar-refractivity contribution in [1.82, 2.24) is 9.88 Å². The summed E-state index contributed by atoms with van der Waals surface area (Å²) in [6.45, 7) is 4.66. The number of nitrogens with zero attached hydrogens (tertiary/aromatic N) is 2. The van der Waals surface area contributed by atoms with Crippen LogP contribution in [0, 0.1) is 0 Å². The van der Waals surface area contributed by atoms with Gasteiger partial charge in [0.1, 0.15) is 0 Å². The van der Waals surface area contributed by atoms with E-state index in [9.17, 15) is 4.79 Å². The Morgan fingerprint density at radius 3 is 2.74 bits per heavy atom. The summed E-state index contributed by atoms with van der Waals surface area (Å²) >= 11 is 0. The van der Waals surface area contributed by atoms with Crippen LogP contribution < -0.4 is 5.73 Å². The lowest BCUT2D eigenvalue weighted by molar-refractivity contribution is 0.101. The number of carbonyl (C=O) groups excluding carboxylic acids is 1. The highest BCUT2D eigenvalue weighted by atomic mass is 16.1. The molecule has 1 fully saturated rings. The number of likely N-dealkylation sites (tertiary alicyclic amines) is 1. The van der Waals surface area contributed by atoms with Crippen molar-refractivity contribution in [3.63, 3.8) is 0 Å². The second kappa shape index (κ2) is 7.59. The Hall–Kier alpha value is -2.56. The van der Waals surface area contributed by atoms with Crippen molar-refractivity contribution < 1.29 is 4.79 Å². The number of fused-ring (bicyclic) bond motifs is 1. The van der Waals surface area contributed by atoms with Gasteiger partial charge in [0.25, 0.3) is 0 Å². The van der Waals surface area contributed by atoms with Crippen LogP contribution in [0.25, 0.3) is 21.9 Å². The lowest BCUT2D eigenvalue weighted by atomic mass is 9.97. The van der Waals surface area contributed by atoms with Gasteiger partial charge in [-0.2, -0.15) is 0 Å². The third-order valence-electron chi connectivity index (χ3n) is 5.44. The van der Waals surface area contributed by atoms with Crippen molar-refractivity contribution in [1.29, 1.82) is 0 Å². The molecule has 2 aromatic carbocycles. The molecule has 4 heteroatoms.